The van der Waals surface area contributed by atoms with E-state index < -0.39 is 17.9 Å². The van der Waals surface area contributed by atoms with Crippen molar-refractivity contribution in [3.63, 3.8) is 0 Å². The van der Waals surface area contributed by atoms with E-state index in [-0.39, 0.29) is 6.10 Å². The molecule has 0 aromatic rings. The Bertz CT molecular complexity index is 379. The molecule has 4 atom stereocenters. The summed E-state index contributed by atoms with van der Waals surface area (Å²) in [5.74, 6) is -0.423. The molecule has 0 radical (unpaired) electrons. The second-order valence-corrected chi connectivity index (χ2v) is 7.78. The number of hydrogen-bond donors (Lipinski definition) is 1. The van der Waals surface area contributed by atoms with Crippen molar-refractivity contribution >= 4 is 11.9 Å². The van der Waals surface area contributed by atoms with Gasteiger partial charge < -0.3 is 9.84 Å². The molecule has 0 aromatic heterocycles. The SMILES string of the molecule is C1CCCC2CCCC2CC1.CCCC(C(=O)O)C(=O)OC(C)CC. The fourth-order valence-corrected chi connectivity index (χ4v) is 4.03. The molecule has 2 aliphatic rings. The molecule has 4 unspecified atom stereocenters. The first-order valence-corrected chi connectivity index (χ1v) is 10.4. The Kier molecular flexibility index (Phi) is 10.8. The molecule has 2 fully saturated rings. The normalized spacial score (nSPS) is 25.4. The van der Waals surface area contributed by atoms with Gasteiger partial charge in [0.25, 0.3) is 0 Å². The third-order valence-electron chi connectivity index (χ3n) is 5.77. The van der Waals surface area contributed by atoms with Gasteiger partial charge >= 0.3 is 11.9 Å². The topological polar surface area (TPSA) is 63.6 Å². The van der Waals surface area contributed by atoms with Gasteiger partial charge in [-0.15, -0.1) is 0 Å². The standard InChI is InChI=1S/C11H20.C10H18O4/c1-2-4-7-11-9-5-8-10(11)6-3-1;1-4-6-8(9(11)12)10(13)14-7(3)5-2/h10-11H,1-9H2;7-8H,4-6H2,1-3H3,(H,11,12). The minimum Gasteiger partial charge on any atom is -0.481 e. The average Bonchev–Trinajstić information content (AvgIpc) is 2.98. The smallest absolute Gasteiger partial charge is 0.320 e. The van der Waals surface area contributed by atoms with E-state index in [1.54, 1.807) is 32.6 Å². The van der Waals surface area contributed by atoms with E-state index in [2.05, 4.69) is 0 Å². The van der Waals surface area contributed by atoms with Gasteiger partial charge in [0.15, 0.2) is 5.92 Å². The van der Waals surface area contributed by atoms with E-state index in [0.29, 0.717) is 19.3 Å². The Morgan fingerprint density at radius 1 is 0.960 bits per heavy atom. The molecule has 146 valence electrons. The molecular formula is C21H38O4. The molecule has 2 rings (SSSR count). The molecule has 0 bridgehead atoms. The van der Waals surface area contributed by atoms with Crippen LogP contribution in [0.3, 0.4) is 0 Å². The van der Waals surface area contributed by atoms with Crippen LogP contribution in [0.4, 0.5) is 0 Å². The molecule has 2 aliphatic carbocycles. The first-order chi connectivity index (χ1) is 12.0. The van der Waals surface area contributed by atoms with Crippen molar-refractivity contribution in [1.82, 2.24) is 0 Å². The Morgan fingerprint density at radius 2 is 1.48 bits per heavy atom. The van der Waals surface area contributed by atoms with E-state index in [9.17, 15) is 9.59 Å². The van der Waals surface area contributed by atoms with Gasteiger partial charge in [-0.05, 0) is 31.6 Å². The number of ether oxygens (including phenoxy) is 1. The lowest BCUT2D eigenvalue weighted by Gasteiger charge is -2.21. The number of carbonyl (C=O) groups is 2. The molecule has 25 heavy (non-hydrogen) atoms. The summed E-state index contributed by atoms with van der Waals surface area (Å²) in [6.45, 7) is 5.47. The maximum absolute atomic E-state index is 11.3. The highest BCUT2D eigenvalue weighted by Gasteiger charge is 2.28. The van der Waals surface area contributed by atoms with Crippen LogP contribution < -0.4 is 0 Å². The zero-order valence-electron chi connectivity index (χ0n) is 16.5. The minimum absolute atomic E-state index is 0.207. The maximum Gasteiger partial charge on any atom is 0.320 e. The van der Waals surface area contributed by atoms with Gasteiger partial charge in [-0.3, -0.25) is 9.59 Å². The number of aliphatic carboxylic acids is 1. The van der Waals surface area contributed by atoms with Gasteiger partial charge in [-0.1, -0.05) is 78.1 Å². The summed E-state index contributed by atoms with van der Waals surface area (Å²) in [6, 6.07) is 0. The molecule has 0 spiro atoms. The van der Waals surface area contributed by atoms with Crippen molar-refractivity contribution in [2.24, 2.45) is 17.8 Å². The van der Waals surface area contributed by atoms with Crippen LogP contribution in [-0.2, 0) is 14.3 Å². The second-order valence-electron chi connectivity index (χ2n) is 7.78. The quantitative estimate of drug-likeness (QED) is 0.499. The molecule has 0 saturated heterocycles. The van der Waals surface area contributed by atoms with Gasteiger partial charge in [0, 0.05) is 0 Å². The summed E-state index contributed by atoms with van der Waals surface area (Å²) in [5, 5.41) is 8.76. The van der Waals surface area contributed by atoms with Crippen LogP contribution in [0.1, 0.15) is 97.8 Å². The fourth-order valence-electron chi connectivity index (χ4n) is 4.03. The molecule has 1 N–H and O–H groups in total. The van der Waals surface area contributed by atoms with Gasteiger partial charge in [-0.2, -0.15) is 0 Å². The lowest BCUT2D eigenvalue weighted by Crippen LogP contribution is -2.28. The zero-order valence-corrected chi connectivity index (χ0v) is 16.5. The van der Waals surface area contributed by atoms with E-state index in [1.807, 2.05) is 13.8 Å². The monoisotopic (exact) mass is 354 g/mol. The van der Waals surface area contributed by atoms with Crippen molar-refractivity contribution < 1.29 is 19.4 Å². The average molecular weight is 355 g/mol. The zero-order chi connectivity index (χ0) is 18.7. The van der Waals surface area contributed by atoms with Crippen LogP contribution in [0.15, 0.2) is 0 Å². The predicted octanol–water partition coefficient (Wildman–Crippen LogP) is 5.59. The van der Waals surface area contributed by atoms with Crippen LogP contribution in [0.25, 0.3) is 0 Å². The molecule has 4 nitrogen and oxygen atoms in total. The molecular weight excluding hydrogens is 316 g/mol. The van der Waals surface area contributed by atoms with Gasteiger partial charge in [0.1, 0.15) is 0 Å². The third-order valence-corrected chi connectivity index (χ3v) is 5.77. The number of rotatable bonds is 6. The number of esters is 1. The predicted molar refractivity (Wildman–Crippen MR) is 100 cm³/mol. The van der Waals surface area contributed by atoms with Crippen molar-refractivity contribution in [2.75, 3.05) is 0 Å². The number of carbonyl (C=O) groups excluding carboxylic acids is 1. The Balaban J connectivity index is 0.000000255. The number of carboxylic acid groups (broad SMARTS) is 1. The summed E-state index contributed by atoms with van der Waals surface area (Å²) in [5.41, 5.74) is 0. The van der Waals surface area contributed by atoms with Crippen LogP contribution in [0.2, 0.25) is 0 Å². The summed E-state index contributed by atoms with van der Waals surface area (Å²) in [6.07, 6.45) is 15.4. The summed E-state index contributed by atoms with van der Waals surface area (Å²) in [7, 11) is 0. The van der Waals surface area contributed by atoms with Gasteiger partial charge in [-0.25, -0.2) is 0 Å². The molecule has 0 aliphatic heterocycles. The molecule has 2 saturated carbocycles. The molecule has 4 heteroatoms. The Morgan fingerprint density at radius 3 is 1.92 bits per heavy atom. The summed E-state index contributed by atoms with van der Waals surface area (Å²) < 4.78 is 4.96. The van der Waals surface area contributed by atoms with Crippen LogP contribution in [0, 0.1) is 17.8 Å². The van der Waals surface area contributed by atoms with Crippen molar-refractivity contribution in [2.45, 2.75) is 104 Å². The largest absolute Gasteiger partial charge is 0.481 e. The van der Waals surface area contributed by atoms with E-state index in [1.165, 1.54) is 32.1 Å². The Hall–Kier alpha value is -1.06. The molecule has 0 heterocycles. The molecule has 0 amide bonds. The minimum atomic E-state index is -1.10. The maximum atomic E-state index is 11.3. The van der Waals surface area contributed by atoms with Crippen molar-refractivity contribution in [1.29, 1.82) is 0 Å². The third kappa shape index (κ3) is 8.24. The summed E-state index contributed by atoms with van der Waals surface area (Å²) in [4.78, 5) is 22.0. The van der Waals surface area contributed by atoms with Crippen LogP contribution in [-0.4, -0.2) is 23.1 Å². The van der Waals surface area contributed by atoms with E-state index in [4.69, 9.17) is 9.84 Å². The fraction of sp³-hybridized carbons (Fsp3) is 0.905. The summed E-state index contributed by atoms with van der Waals surface area (Å²) >= 11 is 0. The van der Waals surface area contributed by atoms with Gasteiger partial charge in [0.05, 0.1) is 6.10 Å². The van der Waals surface area contributed by atoms with Gasteiger partial charge in [0.2, 0.25) is 0 Å². The van der Waals surface area contributed by atoms with Crippen LogP contribution in [0.5, 0.6) is 0 Å². The first-order valence-electron chi connectivity index (χ1n) is 10.4. The number of hydrogen-bond acceptors (Lipinski definition) is 3. The van der Waals surface area contributed by atoms with Crippen molar-refractivity contribution in [3.05, 3.63) is 0 Å². The van der Waals surface area contributed by atoms with E-state index >= 15 is 0 Å². The lowest BCUT2D eigenvalue weighted by atomic mass is 9.84. The Labute approximate surface area is 153 Å². The highest BCUT2D eigenvalue weighted by atomic mass is 16.5. The second kappa shape index (κ2) is 12.3. The number of carboxylic acids is 1. The highest BCUT2D eigenvalue weighted by molar-refractivity contribution is 5.93. The van der Waals surface area contributed by atoms with Crippen LogP contribution >= 0.6 is 0 Å². The van der Waals surface area contributed by atoms with Crippen molar-refractivity contribution in [3.8, 4) is 0 Å². The highest BCUT2D eigenvalue weighted by Crippen LogP contribution is 2.39. The first kappa shape index (κ1) is 22.0. The number of fused-ring (bicyclic) bond motifs is 1. The van der Waals surface area contributed by atoms with E-state index in [0.717, 1.165) is 11.8 Å². The lowest BCUT2D eigenvalue weighted by molar-refractivity contribution is -0.162. The molecule has 0 aromatic carbocycles.